The Labute approximate surface area is 145 Å². The van der Waals surface area contributed by atoms with Crippen LogP contribution in [0.4, 0.5) is 36.7 Å². The average molecular weight is 398 g/mol. The lowest BCUT2D eigenvalue weighted by Gasteiger charge is -2.30. The summed E-state index contributed by atoms with van der Waals surface area (Å²) in [4.78, 5) is 6.69. The Morgan fingerprint density at radius 1 is 1.19 bits per heavy atom. The zero-order valence-corrected chi connectivity index (χ0v) is 13.0. The monoisotopic (exact) mass is 398 g/mol. The molecule has 1 aliphatic heterocycles. The second kappa shape index (κ2) is 6.48. The smallest absolute Gasteiger partial charge is 0.433 e. The van der Waals surface area contributed by atoms with Crippen LogP contribution in [-0.4, -0.2) is 39.4 Å². The van der Waals surface area contributed by atoms with Gasteiger partial charge in [-0.05, 0) is 18.2 Å². The summed E-state index contributed by atoms with van der Waals surface area (Å²) in [7, 11) is 0. The van der Waals surface area contributed by atoms with E-state index in [0.29, 0.717) is 6.07 Å². The van der Waals surface area contributed by atoms with Gasteiger partial charge in [-0.15, -0.1) is 0 Å². The summed E-state index contributed by atoms with van der Waals surface area (Å²) in [5.74, 6) is -1.29. The van der Waals surface area contributed by atoms with Gasteiger partial charge in [-0.2, -0.15) is 23.3 Å². The van der Waals surface area contributed by atoms with Crippen molar-refractivity contribution in [2.24, 2.45) is 5.10 Å². The summed E-state index contributed by atoms with van der Waals surface area (Å²) in [5.41, 5.74) is -6.49. The Morgan fingerprint density at radius 3 is 2.41 bits per heavy atom. The largest absolute Gasteiger partial charge is 0.463 e. The van der Waals surface area contributed by atoms with Crippen molar-refractivity contribution in [2.75, 3.05) is 5.01 Å². The minimum atomic E-state index is -5.02. The SMILES string of the molecule is O[C@@]1(C(F)F)CC(C(F)F)=NN1c1nc(-c2ccco2)cc(C(F)(F)F)n1. The molecule has 0 radical (unpaired) electrons. The van der Waals surface area contributed by atoms with Gasteiger partial charge in [0.05, 0.1) is 6.26 Å². The molecule has 0 bridgehead atoms. The zero-order valence-electron chi connectivity index (χ0n) is 13.0. The highest BCUT2D eigenvalue weighted by atomic mass is 19.4. The first-order valence-corrected chi connectivity index (χ1v) is 7.19. The Bertz CT molecular complexity index is 854. The number of rotatable bonds is 4. The van der Waals surface area contributed by atoms with Crippen molar-refractivity contribution >= 4 is 11.7 Å². The van der Waals surface area contributed by atoms with E-state index in [0.717, 1.165) is 6.26 Å². The summed E-state index contributed by atoms with van der Waals surface area (Å²) < 4.78 is 96.6. The topological polar surface area (TPSA) is 74.8 Å². The Morgan fingerprint density at radius 2 is 1.89 bits per heavy atom. The van der Waals surface area contributed by atoms with E-state index in [1.165, 1.54) is 12.1 Å². The number of hydrogen-bond acceptors (Lipinski definition) is 6. The first-order chi connectivity index (χ1) is 12.5. The third kappa shape index (κ3) is 3.46. The van der Waals surface area contributed by atoms with Crippen LogP contribution >= 0.6 is 0 Å². The standard InChI is InChI=1S/C14H9F7N4O2/c15-10(16)7-5-13(26,11(17)18)25(24-7)12-22-6(8-2-1-3-27-8)4-9(23-12)14(19,20)21/h1-4,10-11,26H,5H2/t13-/m1/s1. The number of aliphatic hydroxyl groups is 1. The molecule has 3 heterocycles. The molecule has 2 aromatic heterocycles. The molecule has 0 saturated heterocycles. The Balaban J connectivity index is 2.18. The van der Waals surface area contributed by atoms with Gasteiger partial charge in [0.2, 0.25) is 11.7 Å². The summed E-state index contributed by atoms with van der Waals surface area (Å²) in [6.45, 7) is 0. The molecule has 3 rings (SSSR count). The van der Waals surface area contributed by atoms with Gasteiger partial charge in [-0.1, -0.05) is 0 Å². The van der Waals surface area contributed by atoms with Crippen LogP contribution in [0.2, 0.25) is 0 Å². The van der Waals surface area contributed by atoms with E-state index in [1.54, 1.807) is 0 Å². The fourth-order valence-electron chi connectivity index (χ4n) is 2.33. The van der Waals surface area contributed by atoms with Gasteiger partial charge in [0.15, 0.2) is 11.5 Å². The number of anilines is 1. The summed E-state index contributed by atoms with van der Waals surface area (Å²) >= 11 is 0. The molecule has 6 nitrogen and oxygen atoms in total. The lowest BCUT2D eigenvalue weighted by atomic mass is 10.1. The molecule has 0 aromatic carbocycles. The predicted molar refractivity (Wildman–Crippen MR) is 76.2 cm³/mol. The molecule has 1 N–H and O–H groups in total. The fourth-order valence-corrected chi connectivity index (χ4v) is 2.33. The van der Waals surface area contributed by atoms with E-state index in [1.807, 2.05) is 0 Å². The van der Waals surface area contributed by atoms with Crippen LogP contribution < -0.4 is 5.01 Å². The molecule has 0 spiro atoms. The molecule has 146 valence electrons. The highest BCUT2D eigenvalue weighted by Gasteiger charge is 2.53. The number of hydrazone groups is 1. The highest BCUT2D eigenvalue weighted by Crippen LogP contribution is 2.38. The van der Waals surface area contributed by atoms with Crippen molar-refractivity contribution in [3.63, 3.8) is 0 Å². The molecule has 1 atom stereocenters. The zero-order chi connectivity index (χ0) is 20.0. The number of furan rings is 1. The van der Waals surface area contributed by atoms with E-state index in [2.05, 4.69) is 15.1 Å². The lowest BCUT2D eigenvalue weighted by molar-refractivity contribution is -0.141. The maximum absolute atomic E-state index is 13.3. The van der Waals surface area contributed by atoms with Crippen molar-refractivity contribution in [2.45, 2.75) is 31.2 Å². The third-order valence-corrected chi connectivity index (χ3v) is 3.61. The molecular weight excluding hydrogens is 389 g/mol. The van der Waals surface area contributed by atoms with Gasteiger partial charge in [0.25, 0.3) is 12.9 Å². The normalized spacial score (nSPS) is 20.7. The van der Waals surface area contributed by atoms with Crippen molar-refractivity contribution < 1.29 is 40.3 Å². The second-order valence-corrected chi connectivity index (χ2v) is 5.47. The maximum Gasteiger partial charge on any atom is 0.433 e. The molecule has 0 saturated carbocycles. The molecule has 0 fully saturated rings. The number of aromatic nitrogens is 2. The van der Waals surface area contributed by atoms with Crippen LogP contribution in [0.25, 0.3) is 11.5 Å². The number of nitrogens with zero attached hydrogens (tertiary/aromatic N) is 4. The second-order valence-electron chi connectivity index (χ2n) is 5.47. The van der Waals surface area contributed by atoms with Gasteiger partial charge >= 0.3 is 6.18 Å². The van der Waals surface area contributed by atoms with Gasteiger partial charge < -0.3 is 9.52 Å². The summed E-state index contributed by atoms with van der Waals surface area (Å²) in [5, 5.41) is 13.1. The average Bonchev–Trinajstić information content (AvgIpc) is 3.22. The lowest BCUT2D eigenvalue weighted by Crippen LogP contribution is -2.50. The van der Waals surface area contributed by atoms with Crippen molar-refractivity contribution in [3.05, 3.63) is 30.2 Å². The molecule has 0 amide bonds. The van der Waals surface area contributed by atoms with Gasteiger partial charge in [0.1, 0.15) is 11.4 Å². The molecular formula is C14H9F7N4O2. The van der Waals surface area contributed by atoms with E-state index >= 15 is 0 Å². The van der Waals surface area contributed by atoms with E-state index in [4.69, 9.17) is 4.42 Å². The van der Waals surface area contributed by atoms with Crippen molar-refractivity contribution in [1.82, 2.24) is 9.97 Å². The molecule has 0 aliphatic carbocycles. The van der Waals surface area contributed by atoms with E-state index in [-0.39, 0.29) is 10.8 Å². The fraction of sp³-hybridized carbons (Fsp3) is 0.357. The number of halogens is 7. The van der Waals surface area contributed by atoms with Gasteiger partial charge in [-0.3, -0.25) is 0 Å². The van der Waals surface area contributed by atoms with Crippen LogP contribution in [0, 0.1) is 0 Å². The van der Waals surface area contributed by atoms with Gasteiger partial charge in [0, 0.05) is 6.42 Å². The van der Waals surface area contributed by atoms with E-state index in [9.17, 15) is 35.8 Å². The van der Waals surface area contributed by atoms with Crippen LogP contribution in [0.5, 0.6) is 0 Å². The summed E-state index contributed by atoms with van der Waals surface area (Å²) in [6.07, 6.45) is -12.1. The number of alkyl halides is 7. The van der Waals surface area contributed by atoms with Crippen LogP contribution in [0.15, 0.2) is 34.0 Å². The van der Waals surface area contributed by atoms with Crippen molar-refractivity contribution in [3.8, 4) is 11.5 Å². The molecule has 13 heteroatoms. The van der Waals surface area contributed by atoms with Crippen molar-refractivity contribution in [1.29, 1.82) is 0 Å². The Hall–Kier alpha value is -2.70. The van der Waals surface area contributed by atoms with Crippen LogP contribution in [-0.2, 0) is 6.18 Å². The van der Waals surface area contributed by atoms with E-state index < -0.39 is 54.2 Å². The highest BCUT2D eigenvalue weighted by molar-refractivity contribution is 5.91. The number of hydrogen-bond donors (Lipinski definition) is 1. The van der Waals surface area contributed by atoms with Gasteiger partial charge in [-0.25, -0.2) is 27.5 Å². The Kier molecular flexibility index (Phi) is 4.57. The summed E-state index contributed by atoms with van der Waals surface area (Å²) in [6, 6.07) is 3.06. The molecule has 27 heavy (non-hydrogen) atoms. The minimum Gasteiger partial charge on any atom is -0.463 e. The van der Waals surface area contributed by atoms with Crippen LogP contribution in [0.1, 0.15) is 12.1 Å². The molecule has 2 aromatic rings. The first kappa shape index (κ1) is 19.1. The molecule has 1 aliphatic rings. The third-order valence-electron chi connectivity index (χ3n) is 3.61. The predicted octanol–water partition coefficient (Wildman–Crippen LogP) is 3.54. The first-order valence-electron chi connectivity index (χ1n) is 7.19. The molecule has 0 unspecified atom stereocenters. The maximum atomic E-state index is 13.3. The van der Waals surface area contributed by atoms with Crippen LogP contribution in [0.3, 0.4) is 0 Å². The minimum absolute atomic E-state index is 0.124. The quantitative estimate of drug-likeness (QED) is 0.798.